The van der Waals surface area contributed by atoms with E-state index in [0.29, 0.717) is 33.2 Å². The maximum absolute atomic E-state index is 14.3. The molecule has 0 saturated carbocycles. The SMILES string of the molecule is COC(=O)C[C@@H]1N=C(c2ccc(Cl)cc2)c2c(sc([B]C(=O)C[C@@H]3N=C(c4ccc(Cl)cc4)c4c(sc(C)c4C)-n4c(C)nnc43)c2C)-n2c(C)nnc21. The minimum Gasteiger partial charge on any atom is -0.469 e. The van der Waals surface area contributed by atoms with E-state index in [0.717, 1.165) is 59.7 Å². The van der Waals surface area contributed by atoms with Crippen molar-refractivity contribution in [2.24, 2.45) is 9.98 Å². The van der Waals surface area contributed by atoms with E-state index in [4.69, 9.17) is 37.9 Å². The van der Waals surface area contributed by atoms with Gasteiger partial charge in [0.15, 0.2) is 11.6 Å². The highest BCUT2D eigenvalue weighted by atomic mass is 35.5. The summed E-state index contributed by atoms with van der Waals surface area (Å²) in [5.74, 6) is 2.05. The maximum atomic E-state index is 14.3. The number of carbonyl (C=O) groups excluding carboxylic acids is 2. The summed E-state index contributed by atoms with van der Waals surface area (Å²) in [5.41, 5.74) is 6.81. The number of methoxy groups -OCH3 is 1. The standard InChI is InChI=1S/C38H32BCl2N8O3S2/c1-17-19(3)53-37-30(17)32(22-7-11-24(40)12-8-22)42-26(35-46-44-20(4)48(35)37)15-28(50)39-34-18(2)31-33(23-9-13-25(41)14-10-23)43-27(16-29(51)52-6)36-47-45-21(5)49(36)38(31)54-34/h7-14,26-27H,15-16H2,1-6H3/t26-,27-/m0/s1. The van der Waals surface area contributed by atoms with Gasteiger partial charge in [-0.3, -0.25) is 23.9 Å². The third-order valence-corrected chi connectivity index (χ3v) is 12.7. The van der Waals surface area contributed by atoms with E-state index in [-0.39, 0.29) is 18.5 Å². The summed E-state index contributed by atoms with van der Waals surface area (Å²) in [6, 6.07) is 13.7. The molecule has 0 bridgehead atoms. The van der Waals surface area contributed by atoms with Crippen molar-refractivity contribution in [1.29, 1.82) is 0 Å². The highest BCUT2D eigenvalue weighted by Gasteiger charge is 2.36. The fourth-order valence-corrected chi connectivity index (χ4v) is 9.73. The number of esters is 1. The summed E-state index contributed by atoms with van der Waals surface area (Å²) in [4.78, 5) is 38.5. The van der Waals surface area contributed by atoms with Crippen LogP contribution in [0.4, 0.5) is 0 Å². The molecule has 16 heteroatoms. The van der Waals surface area contributed by atoms with Crippen LogP contribution in [0.15, 0.2) is 58.5 Å². The molecule has 0 spiro atoms. The molecule has 1 radical (unpaired) electrons. The van der Waals surface area contributed by atoms with Crippen LogP contribution in [0.1, 0.15) is 86.5 Å². The highest BCUT2D eigenvalue weighted by Crippen LogP contribution is 2.40. The molecule has 0 N–H and O–H groups in total. The summed E-state index contributed by atoms with van der Waals surface area (Å²) >= 11 is 15.7. The quantitative estimate of drug-likeness (QED) is 0.119. The number of ether oxygens (including phenoxy) is 1. The Bertz CT molecular complexity index is 2550. The molecule has 2 aliphatic heterocycles. The molecule has 2 aliphatic rings. The lowest BCUT2D eigenvalue weighted by molar-refractivity contribution is -0.141. The molecule has 0 amide bonds. The van der Waals surface area contributed by atoms with Crippen LogP contribution < -0.4 is 4.78 Å². The number of benzene rings is 2. The van der Waals surface area contributed by atoms with Crippen molar-refractivity contribution < 1.29 is 14.3 Å². The van der Waals surface area contributed by atoms with E-state index >= 15 is 0 Å². The first kappa shape index (κ1) is 36.2. The van der Waals surface area contributed by atoms with Crippen LogP contribution in [0.3, 0.4) is 0 Å². The van der Waals surface area contributed by atoms with E-state index in [1.807, 2.05) is 66.3 Å². The molecule has 6 heterocycles. The summed E-state index contributed by atoms with van der Waals surface area (Å²) in [7, 11) is 3.03. The second kappa shape index (κ2) is 14.1. The largest absolute Gasteiger partial charge is 0.469 e. The van der Waals surface area contributed by atoms with Gasteiger partial charge in [-0.25, -0.2) is 0 Å². The Morgan fingerprint density at radius 3 is 1.70 bits per heavy atom. The molecule has 271 valence electrons. The van der Waals surface area contributed by atoms with Crippen molar-refractivity contribution in [2.75, 3.05) is 7.11 Å². The summed E-state index contributed by atoms with van der Waals surface area (Å²) in [6.07, 6.45) is 0.0350. The fourth-order valence-electron chi connectivity index (χ4n) is 6.95. The van der Waals surface area contributed by atoms with E-state index < -0.39 is 18.1 Å². The van der Waals surface area contributed by atoms with Crippen molar-refractivity contribution in [2.45, 2.75) is 59.5 Å². The summed E-state index contributed by atoms with van der Waals surface area (Å²) in [5, 5.41) is 20.9. The van der Waals surface area contributed by atoms with Crippen molar-refractivity contribution >= 4 is 81.0 Å². The third-order valence-electron chi connectivity index (χ3n) is 9.79. The molecule has 8 rings (SSSR count). The average Bonchev–Trinajstić information content (AvgIpc) is 3.84. The minimum absolute atomic E-state index is 0.0210. The summed E-state index contributed by atoms with van der Waals surface area (Å²) < 4.78 is 9.75. The van der Waals surface area contributed by atoms with Crippen LogP contribution in [-0.4, -0.2) is 67.0 Å². The third kappa shape index (κ3) is 6.24. The van der Waals surface area contributed by atoms with Gasteiger partial charge in [0.2, 0.25) is 0 Å². The van der Waals surface area contributed by atoms with Gasteiger partial charge in [0.1, 0.15) is 33.7 Å². The van der Waals surface area contributed by atoms with Crippen molar-refractivity contribution in [3.63, 3.8) is 0 Å². The predicted octanol–water partition coefficient (Wildman–Crippen LogP) is 7.11. The fraction of sp³-hybridized carbons (Fsp3) is 0.263. The lowest BCUT2D eigenvalue weighted by Crippen LogP contribution is -2.25. The zero-order chi connectivity index (χ0) is 38.0. The Morgan fingerprint density at radius 2 is 1.19 bits per heavy atom. The molecular weight excluding hydrogens is 762 g/mol. The van der Waals surface area contributed by atoms with Gasteiger partial charge in [-0.2, -0.15) is 0 Å². The minimum atomic E-state index is -0.656. The average molecular weight is 795 g/mol. The molecule has 0 aliphatic carbocycles. The number of rotatable bonds is 8. The van der Waals surface area contributed by atoms with Crippen molar-refractivity contribution in [1.82, 2.24) is 29.5 Å². The zero-order valence-electron chi connectivity index (χ0n) is 30.1. The molecule has 54 heavy (non-hydrogen) atoms. The van der Waals surface area contributed by atoms with E-state index in [9.17, 15) is 9.59 Å². The number of carbonyl (C=O) groups is 2. The van der Waals surface area contributed by atoms with Crippen LogP contribution in [0, 0.1) is 34.6 Å². The van der Waals surface area contributed by atoms with Gasteiger partial charge in [-0.15, -0.1) is 43.1 Å². The van der Waals surface area contributed by atoms with Crippen molar-refractivity contribution in [3.8, 4) is 10.0 Å². The number of fused-ring (bicyclic) bond motifs is 6. The topological polar surface area (TPSA) is 130 Å². The molecule has 0 unspecified atom stereocenters. The number of aliphatic imine (C=N–C) groups is 2. The molecule has 0 fully saturated rings. The molecule has 2 aromatic carbocycles. The Labute approximate surface area is 330 Å². The smallest absolute Gasteiger partial charge is 0.308 e. The number of thiophene rings is 2. The molecule has 2 atom stereocenters. The van der Waals surface area contributed by atoms with Gasteiger partial charge in [-0.05, 0) is 74.8 Å². The lowest BCUT2D eigenvalue weighted by Gasteiger charge is -2.13. The number of aryl methyl sites for hydroxylation is 3. The first-order valence-corrected chi connectivity index (χ1v) is 19.5. The first-order valence-electron chi connectivity index (χ1n) is 17.1. The number of hydrogen-bond acceptors (Lipinski definition) is 11. The highest BCUT2D eigenvalue weighted by molar-refractivity contribution is 7.26. The summed E-state index contributed by atoms with van der Waals surface area (Å²) in [6.45, 7) is 9.95. The van der Waals surface area contributed by atoms with Crippen LogP contribution in [0.25, 0.3) is 10.0 Å². The second-order valence-corrected chi connectivity index (χ2v) is 16.3. The monoisotopic (exact) mass is 793 g/mol. The van der Waals surface area contributed by atoms with Gasteiger partial charge < -0.3 is 9.53 Å². The molecular formula is C38H32BCl2N8O3S2. The first-order chi connectivity index (χ1) is 25.9. The van der Waals surface area contributed by atoms with Gasteiger partial charge in [0, 0.05) is 43.6 Å². The number of hydrogen-bond donors (Lipinski definition) is 0. The van der Waals surface area contributed by atoms with Crippen LogP contribution >= 0.6 is 45.9 Å². The van der Waals surface area contributed by atoms with Crippen molar-refractivity contribution in [3.05, 3.63) is 120 Å². The van der Waals surface area contributed by atoms with Gasteiger partial charge in [-0.1, -0.05) is 47.5 Å². The molecule has 4 aromatic heterocycles. The lowest BCUT2D eigenvalue weighted by atomic mass is 9.67. The number of aromatic nitrogens is 6. The van der Waals surface area contributed by atoms with Crippen LogP contribution in [-0.2, 0) is 14.3 Å². The Hall–Kier alpha value is -4.76. The van der Waals surface area contributed by atoms with Crippen LogP contribution in [0.5, 0.6) is 0 Å². The van der Waals surface area contributed by atoms with Gasteiger partial charge in [0.05, 0.1) is 30.6 Å². The second-order valence-electron chi connectivity index (χ2n) is 13.2. The van der Waals surface area contributed by atoms with E-state index in [1.165, 1.54) is 23.3 Å². The Kier molecular flexibility index (Phi) is 9.49. The van der Waals surface area contributed by atoms with E-state index in [2.05, 4.69) is 34.2 Å². The number of halogens is 2. The zero-order valence-corrected chi connectivity index (χ0v) is 33.3. The predicted molar refractivity (Wildman–Crippen MR) is 213 cm³/mol. The molecule has 6 aromatic rings. The normalized spacial score (nSPS) is 15.9. The number of nitrogens with zero attached hydrogens (tertiary/aromatic N) is 8. The van der Waals surface area contributed by atoms with E-state index in [1.54, 1.807) is 30.7 Å². The molecule has 0 saturated heterocycles. The molecule has 11 nitrogen and oxygen atoms in total. The Morgan fingerprint density at radius 1 is 0.704 bits per heavy atom. The van der Waals surface area contributed by atoms with Crippen LogP contribution in [0.2, 0.25) is 10.0 Å². The maximum Gasteiger partial charge on any atom is 0.308 e. The van der Waals surface area contributed by atoms with Gasteiger partial charge in [0.25, 0.3) is 7.28 Å². The van der Waals surface area contributed by atoms with Gasteiger partial charge >= 0.3 is 5.97 Å². The Balaban J connectivity index is 1.21.